The Morgan fingerprint density at radius 2 is 2.00 bits per heavy atom. The monoisotopic (exact) mass is 325 g/mol. The second-order valence-corrected chi connectivity index (χ2v) is 4.70. The lowest BCUT2D eigenvalue weighted by molar-refractivity contribution is 0.487. The van der Waals surface area contributed by atoms with Crippen LogP contribution in [0.25, 0.3) is 0 Å². The van der Waals surface area contributed by atoms with Gasteiger partial charge in [0.1, 0.15) is 0 Å². The summed E-state index contributed by atoms with van der Waals surface area (Å²) >= 11 is 1.78. The first-order valence-electron chi connectivity index (χ1n) is 4.94. The minimum Gasteiger partial charge on any atom is -0.328 e. The Morgan fingerprint density at radius 1 is 1.33 bits per heavy atom. The summed E-state index contributed by atoms with van der Waals surface area (Å²) in [5, 5.41) is 0. The van der Waals surface area contributed by atoms with E-state index in [1.165, 1.54) is 0 Å². The largest absolute Gasteiger partial charge is 0.328 e. The lowest BCUT2D eigenvalue weighted by atomic mass is 10.0. The van der Waals surface area contributed by atoms with Crippen molar-refractivity contribution < 1.29 is 8.78 Å². The number of halogens is 3. The van der Waals surface area contributed by atoms with Crippen LogP contribution in [0.15, 0.2) is 12.1 Å². The lowest BCUT2D eigenvalue weighted by Crippen LogP contribution is -2.19. The molecule has 0 fully saturated rings. The normalized spacial score (nSPS) is 12.9. The van der Waals surface area contributed by atoms with E-state index in [1.54, 1.807) is 34.7 Å². The van der Waals surface area contributed by atoms with Crippen molar-refractivity contribution >= 4 is 22.6 Å². The predicted octanol–water partition coefficient (Wildman–Crippen LogP) is 3.24. The fourth-order valence-electron chi connectivity index (χ4n) is 1.30. The molecule has 1 atom stereocenters. The van der Waals surface area contributed by atoms with Gasteiger partial charge in [0.15, 0.2) is 11.6 Å². The smallest absolute Gasteiger partial charge is 0.172 e. The van der Waals surface area contributed by atoms with E-state index in [4.69, 9.17) is 5.73 Å². The van der Waals surface area contributed by atoms with Crippen molar-refractivity contribution in [3.8, 4) is 0 Å². The number of hydrogen-bond donors (Lipinski definition) is 1. The second kappa shape index (κ2) is 5.75. The fourth-order valence-corrected chi connectivity index (χ4v) is 1.72. The van der Waals surface area contributed by atoms with Gasteiger partial charge in [-0.3, -0.25) is 0 Å². The molecule has 0 aliphatic carbocycles. The first-order valence-corrected chi connectivity index (χ1v) is 6.02. The molecule has 1 rings (SSSR count). The van der Waals surface area contributed by atoms with Gasteiger partial charge >= 0.3 is 0 Å². The van der Waals surface area contributed by atoms with Crippen LogP contribution in [0.1, 0.15) is 25.3 Å². The SMILES string of the molecule is CCC(N)CCc1ccc(I)c(F)c1F. The molecule has 0 bridgehead atoms. The third-order valence-corrected chi connectivity index (χ3v) is 3.26. The topological polar surface area (TPSA) is 26.0 Å². The Balaban J connectivity index is 2.74. The highest BCUT2D eigenvalue weighted by molar-refractivity contribution is 14.1. The summed E-state index contributed by atoms with van der Waals surface area (Å²) in [6.07, 6.45) is 2.04. The minimum atomic E-state index is -0.752. The maximum Gasteiger partial charge on any atom is 0.172 e. The molecule has 4 heteroatoms. The van der Waals surface area contributed by atoms with E-state index in [0.717, 1.165) is 6.42 Å². The van der Waals surface area contributed by atoms with Crippen LogP contribution in [0, 0.1) is 15.2 Å². The molecule has 1 unspecified atom stereocenters. The van der Waals surface area contributed by atoms with Crippen LogP contribution in [0.5, 0.6) is 0 Å². The van der Waals surface area contributed by atoms with Crippen molar-refractivity contribution in [2.45, 2.75) is 32.2 Å². The molecular weight excluding hydrogens is 311 g/mol. The van der Waals surface area contributed by atoms with Crippen LogP contribution in [0.2, 0.25) is 0 Å². The predicted molar refractivity (Wildman–Crippen MR) is 65.7 cm³/mol. The second-order valence-electron chi connectivity index (χ2n) is 3.54. The molecule has 1 nitrogen and oxygen atoms in total. The number of rotatable bonds is 4. The molecule has 0 aliphatic rings. The Morgan fingerprint density at radius 3 is 2.60 bits per heavy atom. The molecule has 0 heterocycles. The van der Waals surface area contributed by atoms with Crippen molar-refractivity contribution in [3.63, 3.8) is 0 Å². The number of benzene rings is 1. The van der Waals surface area contributed by atoms with E-state index < -0.39 is 11.6 Å². The Bertz CT molecular complexity index is 342. The van der Waals surface area contributed by atoms with Gasteiger partial charge in [0.05, 0.1) is 3.57 Å². The Kier molecular flexibility index (Phi) is 4.92. The van der Waals surface area contributed by atoms with Crippen LogP contribution >= 0.6 is 22.6 Å². The van der Waals surface area contributed by atoms with Crippen molar-refractivity contribution in [2.75, 3.05) is 0 Å². The lowest BCUT2D eigenvalue weighted by Gasteiger charge is -2.09. The maximum absolute atomic E-state index is 13.4. The quantitative estimate of drug-likeness (QED) is 0.667. The number of nitrogens with two attached hydrogens (primary N) is 1. The molecule has 0 saturated heterocycles. The summed E-state index contributed by atoms with van der Waals surface area (Å²) in [7, 11) is 0. The van der Waals surface area contributed by atoms with Crippen LogP contribution in [-0.2, 0) is 6.42 Å². The molecule has 0 saturated carbocycles. The number of aryl methyl sites for hydroxylation is 1. The maximum atomic E-state index is 13.4. The third-order valence-electron chi connectivity index (χ3n) is 2.42. The summed E-state index contributed by atoms with van der Waals surface area (Å²) < 4.78 is 26.9. The molecule has 0 spiro atoms. The van der Waals surface area contributed by atoms with E-state index in [2.05, 4.69) is 0 Å². The fraction of sp³-hybridized carbons (Fsp3) is 0.455. The van der Waals surface area contributed by atoms with Crippen LogP contribution < -0.4 is 5.73 Å². The van der Waals surface area contributed by atoms with E-state index in [0.29, 0.717) is 22.0 Å². The highest BCUT2D eigenvalue weighted by atomic mass is 127. The Labute approximate surface area is 102 Å². The molecule has 1 aromatic carbocycles. The van der Waals surface area contributed by atoms with Gasteiger partial charge in [-0.15, -0.1) is 0 Å². The Hall–Kier alpha value is -0.230. The molecule has 84 valence electrons. The van der Waals surface area contributed by atoms with Gasteiger partial charge in [-0.25, -0.2) is 8.78 Å². The van der Waals surface area contributed by atoms with Crippen LogP contribution in [0.3, 0.4) is 0 Å². The molecule has 0 radical (unpaired) electrons. The summed E-state index contributed by atoms with van der Waals surface area (Å²) in [6, 6.07) is 3.28. The average Bonchev–Trinajstić information content (AvgIpc) is 2.24. The molecular formula is C11H14F2IN. The van der Waals surface area contributed by atoms with Gasteiger partial charge in [0, 0.05) is 6.04 Å². The highest BCUT2D eigenvalue weighted by Gasteiger charge is 2.12. The van der Waals surface area contributed by atoms with Gasteiger partial charge in [-0.05, 0) is 53.5 Å². The van der Waals surface area contributed by atoms with Gasteiger partial charge in [-0.1, -0.05) is 13.0 Å². The third kappa shape index (κ3) is 3.38. The number of hydrogen-bond acceptors (Lipinski definition) is 1. The summed E-state index contributed by atoms with van der Waals surface area (Å²) in [5.74, 6) is -1.48. The zero-order valence-corrected chi connectivity index (χ0v) is 10.7. The molecule has 15 heavy (non-hydrogen) atoms. The minimum absolute atomic E-state index is 0.0618. The van der Waals surface area contributed by atoms with Crippen LogP contribution in [-0.4, -0.2) is 6.04 Å². The van der Waals surface area contributed by atoms with Crippen molar-refractivity contribution in [1.82, 2.24) is 0 Å². The zero-order chi connectivity index (χ0) is 11.4. The van der Waals surface area contributed by atoms with Crippen molar-refractivity contribution in [2.24, 2.45) is 5.73 Å². The van der Waals surface area contributed by atoms with E-state index in [1.807, 2.05) is 6.92 Å². The van der Waals surface area contributed by atoms with Gasteiger partial charge in [-0.2, -0.15) is 0 Å². The summed E-state index contributed by atoms with van der Waals surface area (Å²) in [4.78, 5) is 0. The zero-order valence-electron chi connectivity index (χ0n) is 8.56. The average molecular weight is 325 g/mol. The van der Waals surface area contributed by atoms with Crippen molar-refractivity contribution in [1.29, 1.82) is 0 Å². The van der Waals surface area contributed by atoms with E-state index in [-0.39, 0.29) is 6.04 Å². The molecule has 0 amide bonds. The summed E-state index contributed by atoms with van der Waals surface area (Å²) in [5.41, 5.74) is 6.13. The van der Waals surface area contributed by atoms with Gasteiger partial charge in [0.2, 0.25) is 0 Å². The molecule has 0 aliphatic heterocycles. The molecule has 2 N–H and O–H groups in total. The van der Waals surface area contributed by atoms with E-state index >= 15 is 0 Å². The van der Waals surface area contributed by atoms with Crippen molar-refractivity contribution in [3.05, 3.63) is 32.9 Å². The highest BCUT2D eigenvalue weighted by Crippen LogP contribution is 2.19. The van der Waals surface area contributed by atoms with Gasteiger partial charge in [0.25, 0.3) is 0 Å². The summed E-state index contributed by atoms with van der Waals surface area (Å²) in [6.45, 7) is 1.98. The molecule has 0 aromatic heterocycles. The first-order chi connectivity index (χ1) is 7.06. The standard InChI is InChI=1S/C11H14F2IN/c1-2-8(15)5-3-7-4-6-9(14)11(13)10(7)12/h4,6,8H,2-3,5,15H2,1H3. The molecule has 1 aromatic rings. The van der Waals surface area contributed by atoms with Crippen LogP contribution in [0.4, 0.5) is 8.78 Å². The first kappa shape index (κ1) is 12.8. The van der Waals surface area contributed by atoms with E-state index in [9.17, 15) is 8.78 Å². The van der Waals surface area contributed by atoms with Gasteiger partial charge < -0.3 is 5.73 Å².